The fourth-order valence-corrected chi connectivity index (χ4v) is 2.13. The molecule has 0 spiro atoms. The average molecular weight is 348 g/mol. The molecule has 0 aliphatic heterocycles. The van der Waals surface area contributed by atoms with Crippen LogP contribution in [0.15, 0.2) is 59.1 Å². The largest absolute Gasteiger partial charge is 0.504 e. The molecule has 25 heavy (non-hydrogen) atoms. The van der Waals surface area contributed by atoms with Gasteiger partial charge in [0.1, 0.15) is 5.76 Å². The van der Waals surface area contributed by atoms with Gasteiger partial charge in [0.25, 0.3) is 5.91 Å². The highest BCUT2D eigenvalue weighted by molar-refractivity contribution is 6.02. The average Bonchev–Trinajstić information content (AvgIpc) is 3.06. The zero-order valence-corrected chi connectivity index (χ0v) is 12.5. The molecule has 1 amide bonds. The highest BCUT2D eigenvalue weighted by Gasteiger charge is 2.30. The minimum Gasteiger partial charge on any atom is -0.504 e. The molecule has 0 unspecified atom stereocenters. The number of carbonyl (C=O) groups is 1. The summed E-state index contributed by atoms with van der Waals surface area (Å²) in [5.41, 5.74) is -0.625. The first-order chi connectivity index (χ1) is 11.8. The standard InChI is InChI=1S/C17H11F3N2O3/c18-17(19,20)11-4-1-3-10(9-11)13-6-7-14(25-13)16(24)22-15-12(23)5-2-8-21-15/h1-9,23H,(H,21,22,24). The molecule has 0 saturated heterocycles. The molecule has 0 bridgehead atoms. The second kappa shape index (κ2) is 6.31. The van der Waals surface area contributed by atoms with Gasteiger partial charge in [-0.1, -0.05) is 12.1 Å². The lowest BCUT2D eigenvalue weighted by Gasteiger charge is -2.07. The normalized spacial score (nSPS) is 11.3. The Kier molecular flexibility index (Phi) is 4.18. The number of hydrogen-bond acceptors (Lipinski definition) is 4. The number of aromatic nitrogens is 1. The number of benzene rings is 1. The lowest BCUT2D eigenvalue weighted by atomic mass is 10.1. The number of halogens is 3. The highest BCUT2D eigenvalue weighted by Crippen LogP contribution is 2.32. The minimum atomic E-state index is -4.47. The number of rotatable bonds is 3. The van der Waals surface area contributed by atoms with Crippen LogP contribution >= 0.6 is 0 Å². The van der Waals surface area contributed by atoms with Crippen molar-refractivity contribution in [3.8, 4) is 17.1 Å². The molecule has 2 N–H and O–H groups in total. The molecule has 0 fully saturated rings. The quantitative estimate of drug-likeness (QED) is 0.739. The van der Waals surface area contributed by atoms with Gasteiger partial charge in [-0.3, -0.25) is 4.79 Å². The van der Waals surface area contributed by atoms with Crippen LogP contribution in [0.1, 0.15) is 16.1 Å². The number of aromatic hydroxyl groups is 1. The summed E-state index contributed by atoms with van der Waals surface area (Å²) >= 11 is 0. The molecule has 128 valence electrons. The van der Waals surface area contributed by atoms with Crippen LogP contribution < -0.4 is 5.32 Å². The molecule has 8 heteroatoms. The van der Waals surface area contributed by atoms with Crippen LogP contribution in [-0.2, 0) is 6.18 Å². The van der Waals surface area contributed by atoms with Gasteiger partial charge in [-0.15, -0.1) is 0 Å². The summed E-state index contributed by atoms with van der Waals surface area (Å²) in [5, 5.41) is 11.9. The topological polar surface area (TPSA) is 75.4 Å². The van der Waals surface area contributed by atoms with E-state index in [1.807, 2.05) is 0 Å². The molecular formula is C17H11F3N2O3. The van der Waals surface area contributed by atoms with Crippen molar-refractivity contribution in [3.05, 3.63) is 66.1 Å². The predicted octanol–water partition coefficient (Wildman–Crippen LogP) is 4.32. The zero-order chi connectivity index (χ0) is 18.0. The van der Waals surface area contributed by atoms with Crippen molar-refractivity contribution >= 4 is 11.7 Å². The Balaban J connectivity index is 1.83. The van der Waals surface area contributed by atoms with E-state index in [-0.39, 0.29) is 28.7 Å². The van der Waals surface area contributed by atoms with Crippen LogP contribution in [0, 0.1) is 0 Å². The van der Waals surface area contributed by atoms with Crippen molar-refractivity contribution in [2.45, 2.75) is 6.18 Å². The number of anilines is 1. The number of alkyl halides is 3. The number of furan rings is 1. The molecular weight excluding hydrogens is 337 g/mol. The van der Waals surface area contributed by atoms with Gasteiger partial charge < -0.3 is 14.8 Å². The number of carbonyl (C=O) groups excluding carboxylic acids is 1. The van der Waals surface area contributed by atoms with Crippen molar-refractivity contribution in [1.82, 2.24) is 4.98 Å². The van der Waals surface area contributed by atoms with E-state index in [1.165, 1.54) is 42.6 Å². The maximum Gasteiger partial charge on any atom is 0.416 e. The van der Waals surface area contributed by atoms with Crippen molar-refractivity contribution < 1.29 is 27.5 Å². The van der Waals surface area contributed by atoms with Crippen LogP contribution in [0.2, 0.25) is 0 Å². The Hall–Kier alpha value is -3.29. The zero-order valence-electron chi connectivity index (χ0n) is 12.5. The minimum absolute atomic E-state index is 0.0514. The van der Waals surface area contributed by atoms with Crippen LogP contribution in [0.25, 0.3) is 11.3 Å². The fourth-order valence-electron chi connectivity index (χ4n) is 2.13. The van der Waals surface area contributed by atoms with Gasteiger partial charge in [-0.25, -0.2) is 4.98 Å². The molecule has 2 heterocycles. The predicted molar refractivity (Wildman–Crippen MR) is 83.0 cm³/mol. The number of nitrogens with one attached hydrogen (secondary N) is 1. The SMILES string of the molecule is O=C(Nc1ncccc1O)c1ccc(-c2cccc(C(F)(F)F)c2)o1. The third kappa shape index (κ3) is 3.63. The molecule has 0 radical (unpaired) electrons. The Morgan fingerprint density at radius 1 is 1.12 bits per heavy atom. The van der Waals surface area contributed by atoms with Crippen molar-refractivity contribution in [2.24, 2.45) is 0 Å². The summed E-state index contributed by atoms with van der Waals surface area (Å²) in [6, 6.07) is 10.1. The molecule has 5 nitrogen and oxygen atoms in total. The van der Waals surface area contributed by atoms with Gasteiger partial charge in [0.2, 0.25) is 0 Å². The van der Waals surface area contributed by atoms with Crippen molar-refractivity contribution in [1.29, 1.82) is 0 Å². The van der Waals surface area contributed by atoms with Crippen molar-refractivity contribution in [3.63, 3.8) is 0 Å². The molecule has 0 saturated carbocycles. The molecule has 0 atom stereocenters. The molecule has 3 rings (SSSR count). The van der Waals surface area contributed by atoms with E-state index >= 15 is 0 Å². The van der Waals surface area contributed by atoms with Crippen LogP contribution in [0.5, 0.6) is 5.75 Å². The molecule has 3 aromatic rings. The molecule has 0 aliphatic carbocycles. The third-order valence-electron chi connectivity index (χ3n) is 3.32. The van der Waals surface area contributed by atoms with Gasteiger partial charge in [0.05, 0.1) is 5.56 Å². The Morgan fingerprint density at radius 2 is 1.92 bits per heavy atom. The summed E-state index contributed by atoms with van der Waals surface area (Å²) in [6.45, 7) is 0. The number of hydrogen-bond donors (Lipinski definition) is 2. The van der Waals surface area contributed by atoms with Crippen LogP contribution in [0.3, 0.4) is 0 Å². The Bertz CT molecular complexity index is 919. The first-order valence-electron chi connectivity index (χ1n) is 7.07. The monoisotopic (exact) mass is 348 g/mol. The maximum atomic E-state index is 12.8. The van der Waals surface area contributed by atoms with Gasteiger partial charge in [0.15, 0.2) is 17.3 Å². The number of amides is 1. The third-order valence-corrected chi connectivity index (χ3v) is 3.32. The molecule has 1 aromatic carbocycles. The first kappa shape index (κ1) is 16.6. The number of pyridine rings is 1. The lowest BCUT2D eigenvalue weighted by Crippen LogP contribution is -2.12. The van der Waals surface area contributed by atoms with Gasteiger partial charge >= 0.3 is 6.18 Å². The summed E-state index contributed by atoms with van der Waals surface area (Å²) in [7, 11) is 0. The van der Waals surface area contributed by atoms with Crippen molar-refractivity contribution in [2.75, 3.05) is 5.32 Å². The van der Waals surface area contributed by atoms with E-state index in [2.05, 4.69) is 10.3 Å². The van der Waals surface area contributed by atoms with E-state index in [0.717, 1.165) is 12.1 Å². The van der Waals surface area contributed by atoms with Crippen LogP contribution in [-0.4, -0.2) is 16.0 Å². The Labute approximate surface area is 139 Å². The van der Waals surface area contributed by atoms with E-state index in [4.69, 9.17) is 4.42 Å². The van der Waals surface area contributed by atoms with Gasteiger partial charge in [0, 0.05) is 11.8 Å². The Morgan fingerprint density at radius 3 is 2.64 bits per heavy atom. The molecule has 2 aromatic heterocycles. The van der Waals surface area contributed by atoms with E-state index < -0.39 is 17.6 Å². The van der Waals surface area contributed by atoms with E-state index in [9.17, 15) is 23.1 Å². The van der Waals surface area contributed by atoms with Gasteiger partial charge in [-0.05, 0) is 36.4 Å². The number of nitrogens with zero attached hydrogens (tertiary/aromatic N) is 1. The smallest absolute Gasteiger partial charge is 0.416 e. The summed E-state index contributed by atoms with van der Waals surface area (Å²) in [4.78, 5) is 15.9. The first-order valence-corrected chi connectivity index (χ1v) is 7.07. The summed E-state index contributed by atoms with van der Waals surface area (Å²) in [6.07, 6.45) is -3.09. The highest BCUT2D eigenvalue weighted by atomic mass is 19.4. The van der Waals surface area contributed by atoms with E-state index in [0.29, 0.717) is 0 Å². The van der Waals surface area contributed by atoms with Gasteiger partial charge in [-0.2, -0.15) is 13.2 Å². The second-order valence-electron chi connectivity index (χ2n) is 5.07. The lowest BCUT2D eigenvalue weighted by molar-refractivity contribution is -0.137. The summed E-state index contributed by atoms with van der Waals surface area (Å²) in [5.74, 6) is -0.976. The van der Waals surface area contributed by atoms with E-state index in [1.54, 1.807) is 0 Å². The molecule has 0 aliphatic rings. The van der Waals surface area contributed by atoms with Crippen LogP contribution in [0.4, 0.5) is 19.0 Å². The second-order valence-corrected chi connectivity index (χ2v) is 5.07. The summed E-state index contributed by atoms with van der Waals surface area (Å²) < 4.78 is 43.6. The fraction of sp³-hybridized carbons (Fsp3) is 0.0588. The maximum absolute atomic E-state index is 12.8.